The first kappa shape index (κ1) is 13.6. The molecular weight excluding hydrogens is 250 g/mol. The Morgan fingerprint density at radius 3 is 2.47 bits per heavy atom. The second-order valence-electron chi connectivity index (χ2n) is 5.47. The van der Waals surface area contributed by atoms with E-state index in [9.17, 15) is 14.4 Å². The van der Waals surface area contributed by atoms with Crippen LogP contribution in [0.2, 0.25) is 0 Å². The quantitative estimate of drug-likeness (QED) is 0.661. The molecule has 106 valence electrons. The van der Waals surface area contributed by atoms with E-state index in [1.807, 2.05) is 0 Å². The maximum atomic E-state index is 12.1. The third-order valence-corrected chi connectivity index (χ3v) is 4.05. The number of carboxylic acids is 1. The average Bonchev–Trinajstić information content (AvgIpc) is 2.74. The third-order valence-electron chi connectivity index (χ3n) is 4.05. The number of amides is 3. The van der Waals surface area contributed by atoms with Crippen molar-refractivity contribution >= 4 is 17.9 Å². The van der Waals surface area contributed by atoms with Crippen molar-refractivity contribution in [1.29, 1.82) is 0 Å². The number of primary amides is 1. The summed E-state index contributed by atoms with van der Waals surface area (Å²) in [5, 5.41) is 11.7. The van der Waals surface area contributed by atoms with E-state index in [-0.39, 0.29) is 24.3 Å². The summed E-state index contributed by atoms with van der Waals surface area (Å²) in [6.45, 7) is 0.812. The number of nitrogens with zero attached hydrogens (tertiary/aromatic N) is 1. The standard InChI is InChI=1S/C12H19N3O4/c13-10(18)8-2-5-15(7-8)11(19)14-12(3-1-4-12)6-9(16)17/h8H,1-7H2,(H2,13,18)(H,14,19)(H,16,17). The van der Waals surface area contributed by atoms with Gasteiger partial charge in [-0.3, -0.25) is 9.59 Å². The van der Waals surface area contributed by atoms with Crippen LogP contribution in [-0.4, -0.2) is 46.5 Å². The smallest absolute Gasteiger partial charge is 0.317 e. The first-order chi connectivity index (χ1) is 8.92. The van der Waals surface area contributed by atoms with Crippen LogP contribution in [0.1, 0.15) is 32.1 Å². The predicted octanol–water partition coefficient (Wildman–Crippen LogP) is -0.0994. The zero-order chi connectivity index (χ0) is 14.0. The molecule has 1 saturated heterocycles. The van der Waals surface area contributed by atoms with Crippen LogP contribution in [0.4, 0.5) is 4.79 Å². The van der Waals surface area contributed by atoms with Crippen LogP contribution in [0.25, 0.3) is 0 Å². The first-order valence-corrected chi connectivity index (χ1v) is 6.50. The molecule has 2 aliphatic rings. The third kappa shape index (κ3) is 2.97. The summed E-state index contributed by atoms with van der Waals surface area (Å²) < 4.78 is 0. The van der Waals surface area contributed by atoms with Gasteiger partial charge in [0.25, 0.3) is 0 Å². The Kier molecular flexibility index (Phi) is 3.64. The molecule has 0 aromatic rings. The van der Waals surface area contributed by atoms with Crippen molar-refractivity contribution in [3.05, 3.63) is 0 Å². The molecule has 4 N–H and O–H groups in total. The van der Waals surface area contributed by atoms with Gasteiger partial charge in [0.15, 0.2) is 0 Å². The van der Waals surface area contributed by atoms with E-state index in [0.29, 0.717) is 32.4 Å². The number of urea groups is 1. The van der Waals surface area contributed by atoms with E-state index in [2.05, 4.69) is 5.32 Å². The van der Waals surface area contributed by atoms with Crippen molar-refractivity contribution < 1.29 is 19.5 Å². The van der Waals surface area contributed by atoms with E-state index < -0.39 is 11.5 Å². The molecule has 3 amide bonds. The van der Waals surface area contributed by atoms with Gasteiger partial charge < -0.3 is 21.1 Å². The number of nitrogens with one attached hydrogen (secondary N) is 1. The van der Waals surface area contributed by atoms with Gasteiger partial charge in [0.05, 0.1) is 17.9 Å². The summed E-state index contributed by atoms with van der Waals surface area (Å²) in [4.78, 5) is 35.5. The fourth-order valence-corrected chi connectivity index (χ4v) is 2.72. The Hall–Kier alpha value is -1.79. The lowest BCUT2D eigenvalue weighted by Crippen LogP contribution is -2.57. The minimum Gasteiger partial charge on any atom is -0.481 e. The van der Waals surface area contributed by atoms with E-state index in [4.69, 9.17) is 10.8 Å². The second-order valence-corrected chi connectivity index (χ2v) is 5.47. The van der Waals surface area contributed by atoms with Gasteiger partial charge >= 0.3 is 12.0 Å². The Bertz CT molecular complexity index is 406. The molecule has 0 bridgehead atoms. The van der Waals surface area contributed by atoms with E-state index in [0.717, 1.165) is 6.42 Å². The number of likely N-dealkylation sites (tertiary alicyclic amines) is 1. The van der Waals surface area contributed by atoms with Gasteiger partial charge in [-0.05, 0) is 25.7 Å². The number of carbonyl (C=O) groups is 3. The number of nitrogens with two attached hydrogens (primary N) is 1. The van der Waals surface area contributed by atoms with Crippen LogP contribution in [0.15, 0.2) is 0 Å². The highest BCUT2D eigenvalue weighted by atomic mass is 16.4. The molecule has 0 aromatic carbocycles. The monoisotopic (exact) mass is 269 g/mol. The van der Waals surface area contributed by atoms with Gasteiger partial charge in [-0.15, -0.1) is 0 Å². The molecule has 2 fully saturated rings. The molecule has 2 rings (SSSR count). The topological polar surface area (TPSA) is 113 Å². The van der Waals surface area contributed by atoms with Crippen LogP contribution in [-0.2, 0) is 9.59 Å². The largest absolute Gasteiger partial charge is 0.481 e. The highest BCUT2D eigenvalue weighted by Crippen LogP contribution is 2.35. The molecule has 19 heavy (non-hydrogen) atoms. The highest BCUT2D eigenvalue weighted by Gasteiger charge is 2.42. The first-order valence-electron chi connectivity index (χ1n) is 6.50. The minimum atomic E-state index is -0.906. The van der Waals surface area contributed by atoms with E-state index >= 15 is 0 Å². The second kappa shape index (κ2) is 5.07. The molecule has 1 aliphatic heterocycles. The maximum Gasteiger partial charge on any atom is 0.317 e. The van der Waals surface area contributed by atoms with Crippen LogP contribution in [0.3, 0.4) is 0 Å². The Labute approximate surface area is 111 Å². The molecule has 1 saturated carbocycles. The van der Waals surface area contributed by atoms with Crippen LogP contribution >= 0.6 is 0 Å². The SMILES string of the molecule is NC(=O)C1CCN(C(=O)NC2(CC(=O)O)CCC2)C1. The summed E-state index contributed by atoms with van der Waals surface area (Å²) in [6.07, 6.45) is 2.84. The van der Waals surface area contributed by atoms with E-state index in [1.165, 1.54) is 4.90 Å². The normalized spacial score (nSPS) is 24.6. The zero-order valence-electron chi connectivity index (χ0n) is 10.7. The average molecular weight is 269 g/mol. The summed E-state index contributed by atoms with van der Waals surface area (Å²) in [6, 6.07) is -0.287. The lowest BCUT2D eigenvalue weighted by molar-refractivity contribution is -0.139. The van der Waals surface area contributed by atoms with Crippen molar-refractivity contribution in [2.45, 2.75) is 37.6 Å². The van der Waals surface area contributed by atoms with Crippen LogP contribution in [0.5, 0.6) is 0 Å². The van der Waals surface area contributed by atoms with Gasteiger partial charge in [0, 0.05) is 13.1 Å². The fourth-order valence-electron chi connectivity index (χ4n) is 2.72. The fraction of sp³-hybridized carbons (Fsp3) is 0.750. The molecule has 1 heterocycles. The van der Waals surface area contributed by atoms with Gasteiger partial charge in [0.2, 0.25) is 5.91 Å². The molecule has 1 aliphatic carbocycles. The number of rotatable bonds is 4. The number of hydrogen-bond acceptors (Lipinski definition) is 3. The molecular formula is C12H19N3O4. The van der Waals surface area contributed by atoms with Crippen molar-refractivity contribution in [2.75, 3.05) is 13.1 Å². The molecule has 7 heteroatoms. The molecule has 1 unspecified atom stereocenters. The number of carbonyl (C=O) groups excluding carboxylic acids is 2. The Morgan fingerprint density at radius 1 is 1.37 bits per heavy atom. The zero-order valence-corrected chi connectivity index (χ0v) is 10.7. The molecule has 0 aromatic heterocycles. The summed E-state index contributed by atoms with van der Waals surface area (Å²) in [5.74, 6) is -1.59. The van der Waals surface area contributed by atoms with E-state index in [1.54, 1.807) is 0 Å². The highest BCUT2D eigenvalue weighted by molar-refractivity contribution is 5.81. The molecule has 7 nitrogen and oxygen atoms in total. The Balaban J connectivity index is 1.90. The van der Waals surface area contributed by atoms with Crippen molar-refractivity contribution in [3.8, 4) is 0 Å². The summed E-state index contributed by atoms with van der Waals surface area (Å²) in [5.41, 5.74) is 4.61. The van der Waals surface area contributed by atoms with Crippen molar-refractivity contribution in [2.24, 2.45) is 11.7 Å². The van der Waals surface area contributed by atoms with Gasteiger partial charge in [-0.25, -0.2) is 4.79 Å². The summed E-state index contributed by atoms with van der Waals surface area (Å²) in [7, 11) is 0. The predicted molar refractivity (Wildman–Crippen MR) is 66.2 cm³/mol. The molecule has 0 radical (unpaired) electrons. The summed E-state index contributed by atoms with van der Waals surface area (Å²) >= 11 is 0. The minimum absolute atomic E-state index is 0.0498. The van der Waals surface area contributed by atoms with Gasteiger partial charge in [-0.1, -0.05) is 0 Å². The van der Waals surface area contributed by atoms with Crippen LogP contribution in [0, 0.1) is 5.92 Å². The number of hydrogen-bond donors (Lipinski definition) is 3. The molecule has 1 atom stereocenters. The van der Waals surface area contributed by atoms with Crippen molar-refractivity contribution in [1.82, 2.24) is 10.2 Å². The van der Waals surface area contributed by atoms with Crippen molar-refractivity contribution in [3.63, 3.8) is 0 Å². The Morgan fingerprint density at radius 2 is 2.05 bits per heavy atom. The van der Waals surface area contributed by atoms with Gasteiger partial charge in [-0.2, -0.15) is 0 Å². The number of aliphatic carboxylic acids is 1. The molecule has 0 spiro atoms. The van der Waals surface area contributed by atoms with Crippen LogP contribution < -0.4 is 11.1 Å². The maximum absolute atomic E-state index is 12.1. The number of carboxylic acid groups (broad SMARTS) is 1. The van der Waals surface area contributed by atoms with Gasteiger partial charge in [0.1, 0.15) is 0 Å². The lowest BCUT2D eigenvalue weighted by Gasteiger charge is -2.42. The lowest BCUT2D eigenvalue weighted by atomic mass is 9.74.